The lowest BCUT2D eigenvalue weighted by Crippen LogP contribution is -2.37. The smallest absolute Gasteiger partial charge is 0.219 e. The predicted molar refractivity (Wildman–Crippen MR) is 84.9 cm³/mol. The average Bonchev–Trinajstić information content (AvgIpc) is 3.04. The Labute approximate surface area is 132 Å². The third-order valence-corrected chi connectivity index (χ3v) is 4.86. The van der Waals surface area contributed by atoms with E-state index >= 15 is 0 Å². The second kappa shape index (κ2) is 5.69. The molecule has 0 aliphatic carbocycles. The highest BCUT2D eigenvalue weighted by molar-refractivity contribution is 7.99. The van der Waals surface area contributed by atoms with E-state index in [9.17, 15) is 0 Å². The molecule has 4 rings (SSSR count). The Balaban J connectivity index is 1.78. The minimum absolute atomic E-state index is 0.258. The zero-order valence-corrected chi connectivity index (χ0v) is 12.8. The molecule has 0 unspecified atom stereocenters. The summed E-state index contributed by atoms with van der Waals surface area (Å²) in [5.74, 6) is 3.00. The molecule has 7 nitrogen and oxygen atoms in total. The van der Waals surface area contributed by atoms with Crippen LogP contribution in [-0.2, 0) is 11.2 Å². The number of fused-ring (bicyclic) bond motifs is 1. The first-order chi connectivity index (χ1) is 10.8. The molecular weight excluding hydrogens is 300 g/mol. The first-order valence-corrected chi connectivity index (χ1v) is 8.24. The van der Waals surface area contributed by atoms with Crippen LogP contribution in [0.4, 0.5) is 11.8 Å². The first-order valence-electron chi connectivity index (χ1n) is 7.25. The molecule has 0 saturated carbocycles. The molecule has 8 heteroatoms. The van der Waals surface area contributed by atoms with Gasteiger partial charge >= 0.3 is 0 Å². The van der Waals surface area contributed by atoms with Gasteiger partial charge in [-0.05, 0) is 0 Å². The number of aromatic nitrogens is 4. The predicted octanol–water partition coefficient (Wildman–Crippen LogP) is 1.00. The molecule has 2 aliphatic rings. The maximum atomic E-state index is 5.55. The number of nitrogen functional groups attached to an aromatic ring is 1. The van der Waals surface area contributed by atoms with Gasteiger partial charge in [0.05, 0.1) is 29.4 Å². The fraction of sp³-hybridized carbons (Fsp3) is 0.429. The molecule has 114 valence electrons. The number of hydrogen-bond acceptors (Lipinski definition) is 8. The van der Waals surface area contributed by atoms with E-state index in [1.165, 1.54) is 4.90 Å². The maximum absolute atomic E-state index is 5.55. The lowest BCUT2D eigenvalue weighted by Gasteiger charge is -2.29. The molecule has 1 saturated heterocycles. The van der Waals surface area contributed by atoms with Crippen molar-refractivity contribution in [2.45, 2.75) is 11.3 Å². The summed E-state index contributed by atoms with van der Waals surface area (Å²) >= 11 is 1.84. The van der Waals surface area contributed by atoms with Gasteiger partial charge < -0.3 is 15.4 Å². The van der Waals surface area contributed by atoms with Gasteiger partial charge in [0, 0.05) is 37.7 Å². The fourth-order valence-corrected chi connectivity index (χ4v) is 3.74. The number of aryl methyl sites for hydroxylation is 1. The molecule has 2 aliphatic heterocycles. The molecule has 4 heterocycles. The monoisotopic (exact) mass is 316 g/mol. The van der Waals surface area contributed by atoms with Gasteiger partial charge in [0.2, 0.25) is 5.95 Å². The Morgan fingerprint density at radius 1 is 1.14 bits per heavy atom. The van der Waals surface area contributed by atoms with Crippen LogP contribution in [0, 0.1) is 0 Å². The molecule has 0 atom stereocenters. The van der Waals surface area contributed by atoms with Gasteiger partial charge in [-0.25, -0.2) is 19.9 Å². The fourth-order valence-electron chi connectivity index (χ4n) is 2.62. The van der Waals surface area contributed by atoms with Gasteiger partial charge in [0.15, 0.2) is 5.82 Å². The van der Waals surface area contributed by atoms with Crippen LogP contribution in [0.3, 0.4) is 0 Å². The average molecular weight is 316 g/mol. The van der Waals surface area contributed by atoms with Crippen molar-refractivity contribution in [3.63, 3.8) is 0 Å². The van der Waals surface area contributed by atoms with Crippen molar-refractivity contribution in [1.29, 1.82) is 0 Å². The van der Waals surface area contributed by atoms with E-state index in [-0.39, 0.29) is 5.95 Å². The largest absolute Gasteiger partial charge is 0.378 e. The SMILES string of the molecule is Nc1ncc(-c2nc3c(c(N4CCOCC4)n2)SCC3)cn1. The highest BCUT2D eigenvalue weighted by Crippen LogP contribution is 2.38. The normalized spacial score (nSPS) is 17.5. The van der Waals surface area contributed by atoms with Crippen LogP contribution in [0.25, 0.3) is 11.4 Å². The lowest BCUT2D eigenvalue weighted by atomic mass is 10.2. The number of hydrogen-bond donors (Lipinski definition) is 1. The quantitative estimate of drug-likeness (QED) is 0.877. The first kappa shape index (κ1) is 13.7. The van der Waals surface area contributed by atoms with Crippen LogP contribution in [0.15, 0.2) is 17.3 Å². The molecule has 0 radical (unpaired) electrons. The van der Waals surface area contributed by atoms with Crippen LogP contribution < -0.4 is 10.6 Å². The molecule has 2 aromatic heterocycles. The molecule has 0 aromatic carbocycles. The van der Waals surface area contributed by atoms with Crippen molar-refractivity contribution in [2.75, 3.05) is 42.7 Å². The summed E-state index contributed by atoms with van der Waals surface area (Å²) in [6.45, 7) is 3.21. The summed E-state index contributed by atoms with van der Waals surface area (Å²) in [4.78, 5) is 21.1. The van der Waals surface area contributed by atoms with Gasteiger partial charge in [-0.3, -0.25) is 0 Å². The lowest BCUT2D eigenvalue weighted by molar-refractivity contribution is 0.122. The Morgan fingerprint density at radius 2 is 1.91 bits per heavy atom. The van der Waals surface area contributed by atoms with Crippen molar-refractivity contribution in [3.05, 3.63) is 18.1 Å². The zero-order valence-electron chi connectivity index (χ0n) is 12.0. The summed E-state index contributed by atoms with van der Waals surface area (Å²) in [7, 11) is 0. The Bertz CT molecular complexity index is 686. The molecular formula is C14H16N6OS. The van der Waals surface area contributed by atoms with Crippen molar-refractivity contribution in [2.24, 2.45) is 0 Å². The van der Waals surface area contributed by atoms with Crippen molar-refractivity contribution >= 4 is 23.5 Å². The number of thioether (sulfide) groups is 1. The van der Waals surface area contributed by atoms with Crippen LogP contribution in [0.1, 0.15) is 5.69 Å². The number of ether oxygens (including phenoxy) is 1. The zero-order chi connectivity index (χ0) is 14.9. The molecule has 1 fully saturated rings. The van der Waals surface area contributed by atoms with Crippen LogP contribution in [0.5, 0.6) is 0 Å². The second-order valence-electron chi connectivity index (χ2n) is 5.17. The van der Waals surface area contributed by atoms with Crippen molar-refractivity contribution < 1.29 is 4.74 Å². The molecule has 2 N–H and O–H groups in total. The number of morpholine rings is 1. The van der Waals surface area contributed by atoms with Gasteiger partial charge in [-0.2, -0.15) is 0 Å². The molecule has 0 amide bonds. The van der Waals surface area contributed by atoms with E-state index in [1.807, 2.05) is 11.8 Å². The minimum atomic E-state index is 0.258. The number of nitrogens with zero attached hydrogens (tertiary/aromatic N) is 5. The third kappa shape index (κ3) is 2.48. The maximum Gasteiger partial charge on any atom is 0.219 e. The van der Waals surface area contributed by atoms with Gasteiger partial charge in [-0.1, -0.05) is 0 Å². The van der Waals surface area contributed by atoms with Crippen LogP contribution >= 0.6 is 11.8 Å². The van der Waals surface area contributed by atoms with E-state index in [2.05, 4.69) is 14.9 Å². The number of nitrogens with two attached hydrogens (primary N) is 1. The summed E-state index contributed by atoms with van der Waals surface area (Å²) in [5, 5.41) is 0. The highest BCUT2D eigenvalue weighted by Gasteiger charge is 2.25. The van der Waals surface area contributed by atoms with Crippen LogP contribution in [0.2, 0.25) is 0 Å². The minimum Gasteiger partial charge on any atom is -0.378 e. The van der Waals surface area contributed by atoms with Crippen LogP contribution in [-0.4, -0.2) is 52.0 Å². The van der Waals surface area contributed by atoms with Crippen molar-refractivity contribution in [3.8, 4) is 11.4 Å². The van der Waals surface area contributed by atoms with E-state index in [0.29, 0.717) is 5.82 Å². The number of rotatable bonds is 2. The van der Waals surface area contributed by atoms with Gasteiger partial charge in [-0.15, -0.1) is 11.8 Å². The number of anilines is 2. The highest BCUT2D eigenvalue weighted by atomic mass is 32.2. The summed E-state index contributed by atoms with van der Waals surface area (Å²) < 4.78 is 5.44. The Morgan fingerprint density at radius 3 is 2.68 bits per heavy atom. The molecule has 22 heavy (non-hydrogen) atoms. The molecule has 0 bridgehead atoms. The summed E-state index contributed by atoms with van der Waals surface area (Å²) in [5.41, 5.74) is 7.47. The van der Waals surface area contributed by atoms with Crippen molar-refractivity contribution in [1.82, 2.24) is 19.9 Å². The summed E-state index contributed by atoms with van der Waals surface area (Å²) in [6, 6.07) is 0. The molecule has 2 aromatic rings. The molecule has 0 spiro atoms. The van der Waals surface area contributed by atoms with E-state index in [4.69, 9.17) is 20.4 Å². The Hall–Kier alpha value is -1.93. The van der Waals surface area contributed by atoms with E-state index in [0.717, 1.165) is 55.6 Å². The summed E-state index contributed by atoms with van der Waals surface area (Å²) in [6.07, 6.45) is 4.33. The van der Waals surface area contributed by atoms with Gasteiger partial charge in [0.1, 0.15) is 5.82 Å². The Kier molecular flexibility index (Phi) is 3.55. The van der Waals surface area contributed by atoms with E-state index < -0.39 is 0 Å². The van der Waals surface area contributed by atoms with Gasteiger partial charge in [0.25, 0.3) is 0 Å². The second-order valence-corrected chi connectivity index (χ2v) is 6.28. The topological polar surface area (TPSA) is 90.0 Å². The third-order valence-electron chi connectivity index (χ3n) is 3.74. The standard InChI is InChI=1S/C14H16N6OS/c15-14-16-7-9(8-17-14)12-18-10-1-6-22-11(10)13(19-12)20-2-4-21-5-3-20/h7-8H,1-6H2,(H2,15,16,17). The van der Waals surface area contributed by atoms with E-state index in [1.54, 1.807) is 12.4 Å².